The number of hydrogen-bond donors (Lipinski definition) is 19. The van der Waals surface area contributed by atoms with Crippen LogP contribution in [0.4, 0.5) is 0 Å². The number of benzene rings is 1. The molecule has 31 nitrogen and oxygen atoms in total. The van der Waals surface area contributed by atoms with E-state index in [-0.39, 0.29) is 118 Å². The standard InChI is InChI=1S/C81H126Cl2N10O21/c1-5-6-7-8-9-10-11-12-13-20-86-34-47-53(96)32-46-60(69(47)100)45-27-39(14-17-52(45)95)62-76(106)93-66(80(110)91-64(46)78(108)88-61-42-23-37-22-38(25-42)26-43(61)24-37)68(99)41-16-19-55(49(83)29-41)112-57-31-44-30-56(73(57)114-81-72(103)71(102)70(101)58(35-94)113-81)111-54-18-15-40(28-48(54)82)67(98)65(92-74(104)50(85-4)21-36(2)3)79(109)87-51(33-59(84)97)75(105)89-63(44)77(107)90-62/h30-31,36-43,45-55,58,60-72,81,85-86,94-96,98-103H,5-29,32-35H2,1-4H3,(H2,84,97)(H,87,109)(H,88,108)(H,89,105)(H,90,107)(H,91,110)(H,92,104)(H,93,106)/t37?,38?,39-,40-,41-,42?,43?,45?,46?,47?,48+,49-,50+,51-,52+,53-,54+,55+,58+,60?,61?,62+,63+,64-,65+,66-,67+,68+,69-,70+,71-,72+,81-/m0/s1. The highest BCUT2D eigenvalue weighted by molar-refractivity contribution is 6.21. The van der Waals surface area contributed by atoms with Crippen LogP contribution in [0, 0.1) is 71.0 Å². The molecule has 0 aromatic heterocycles. The second-order valence-electron chi connectivity index (χ2n) is 35.7. The molecule has 8 aliphatic carbocycles. The van der Waals surface area contributed by atoms with E-state index < -0.39 is 234 Å². The van der Waals surface area contributed by atoms with Crippen molar-refractivity contribution in [3.63, 3.8) is 0 Å². The van der Waals surface area contributed by atoms with Crippen molar-refractivity contribution in [2.45, 2.75) is 320 Å². The summed E-state index contributed by atoms with van der Waals surface area (Å²) in [6.07, 6.45) is -5.38. The fraction of sp³-hybridized carbons (Fsp3) is 0.827. The van der Waals surface area contributed by atoms with E-state index in [1.807, 2.05) is 13.8 Å². The Hall–Kier alpha value is -5.52. The Morgan fingerprint density at radius 3 is 1.79 bits per heavy atom. The van der Waals surface area contributed by atoms with Crippen LogP contribution in [0.15, 0.2) is 12.1 Å². The maximum Gasteiger partial charge on any atom is 0.247 e. The summed E-state index contributed by atoms with van der Waals surface area (Å²) >= 11 is 14.8. The van der Waals surface area contributed by atoms with Gasteiger partial charge in [-0.05, 0) is 206 Å². The normalized spacial score (nSPS) is 40.6. The lowest BCUT2D eigenvalue weighted by Gasteiger charge is -2.55. The predicted molar refractivity (Wildman–Crippen MR) is 415 cm³/mol. The van der Waals surface area contributed by atoms with Crippen LogP contribution in [0.2, 0.25) is 0 Å². The summed E-state index contributed by atoms with van der Waals surface area (Å²) in [4.78, 5) is 123. The fourth-order valence-corrected chi connectivity index (χ4v) is 22.3. The molecule has 114 heavy (non-hydrogen) atoms. The van der Waals surface area contributed by atoms with Crippen LogP contribution in [0.1, 0.15) is 199 Å². The Kier molecular flexibility index (Phi) is 30.1. The smallest absolute Gasteiger partial charge is 0.247 e. The maximum atomic E-state index is 16.5. The number of nitrogens with two attached hydrogens (primary N) is 1. The molecule has 1 aromatic carbocycles. The zero-order chi connectivity index (χ0) is 81.7. The number of primary amides is 1. The molecule has 15 rings (SSSR count). The van der Waals surface area contributed by atoms with Gasteiger partial charge in [-0.3, -0.25) is 38.4 Å². The molecule has 0 spiro atoms. The van der Waals surface area contributed by atoms with Crippen LogP contribution in [0.3, 0.4) is 0 Å². The maximum absolute atomic E-state index is 16.5. The number of fused-ring (bicyclic) bond motifs is 15. The topological polar surface area (TPSA) is 490 Å². The van der Waals surface area contributed by atoms with Crippen molar-refractivity contribution in [1.29, 1.82) is 0 Å². The lowest BCUT2D eigenvalue weighted by atomic mass is 9.54. The molecular weight excluding hydrogens is 1520 g/mol. The van der Waals surface area contributed by atoms with Gasteiger partial charge in [0.1, 0.15) is 72.9 Å². The van der Waals surface area contributed by atoms with Gasteiger partial charge in [-0.15, -0.1) is 23.2 Å². The highest BCUT2D eigenvalue weighted by Crippen LogP contribution is 2.55. The number of carbonyl (C=O) groups excluding carboxylic acids is 8. The number of nitrogens with one attached hydrogen (secondary N) is 9. The van der Waals surface area contributed by atoms with E-state index in [4.69, 9.17) is 47.9 Å². The van der Waals surface area contributed by atoms with Crippen molar-refractivity contribution >= 4 is 70.5 Å². The summed E-state index contributed by atoms with van der Waals surface area (Å²) in [5.74, 6) is -14.7. The van der Waals surface area contributed by atoms with Gasteiger partial charge >= 0.3 is 0 Å². The number of alkyl halides is 2. The van der Waals surface area contributed by atoms with Crippen LogP contribution in [-0.4, -0.2) is 246 Å². The first-order valence-corrected chi connectivity index (χ1v) is 43.4. The first-order chi connectivity index (χ1) is 54.5. The van der Waals surface area contributed by atoms with Crippen LogP contribution in [-0.2, 0) is 43.1 Å². The molecule has 1 aromatic rings. The Labute approximate surface area is 677 Å². The average Bonchev–Trinajstić information content (AvgIpc) is 0.753. The molecule has 15 bridgehead atoms. The fourth-order valence-electron chi connectivity index (χ4n) is 21.5. The highest BCUT2D eigenvalue weighted by atomic mass is 35.5. The number of rotatable bonds is 24. The van der Waals surface area contributed by atoms with Gasteiger partial charge in [-0.1, -0.05) is 72.1 Å². The van der Waals surface area contributed by atoms with Gasteiger partial charge in [-0.2, -0.15) is 0 Å². The Morgan fingerprint density at radius 1 is 0.596 bits per heavy atom. The Morgan fingerprint density at radius 2 is 1.19 bits per heavy atom. The summed E-state index contributed by atoms with van der Waals surface area (Å²) in [5, 5.41) is 133. The molecule has 8 amide bonds. The molecule has 20 N–H and O–H groups in total. The van der Waals surface area contributed by atoms with Crippen LogP contribution in [0.5, 0.6) is 17.2 Å². The average molecular weight is 1650 g/mol. The molecule has 2 saturated heterocycles. The third-order valence-corrected chi connectivity index (χ3v) is 28.4. The molecule has 640 valence electrons. The van der Waals surface area contributed by atoms with Gasteiger partial charge < -0.3 is 118 Å². The van der Waals surface area contributed by atoms with E-state index in [1.54, 1.807) is 7.05 Å². The van der Waals surface area contributed by atoms with Crippen molar-refractivity contribution in [3.8, 4) is 17.2 Å². The minimum absolute atomic E-state index is 0.00448. The molecule has 33 heteroatoms. The zero-order valence-corrected chi connectivity index (χ0v) is 67.6. The van der Waals surface area contributed by atoms with Gasteiger partial charge in [0.05, 0.1) is 60.3 Å². The lowest BCUT2D eigenvalue weighted by molar-refractivity contribution is -0.278. The minimum Gasteiger partial charge on any atom is -0.485 e. The number of ether oxygens (including phenoxy) is 4. The number of halogens is 2. The monoisotopic (exact) mass is 1640 g/mol. The SMILES string of the molecule is CCCCCCCCCCCNCC1[C@H](O)C2C3C[C@H](CC[C@H]3O)[C@H]3NC(=O)[C@@H]4NC(=O)[C@H](CC(N)=O)NC(=O)[C@H](NC(=O)[C@@H](CC(C)C)NC)[C@H](O)[C@H]5CC[C@@H](Oc6cc4cc(c6O[C@@H]4O[C@H](CO)[C@@H](O)[C@H](O)[C@H]4O)O[C@@H]4CC[C@@H](C[C@@H]4Cl)[C@@H](O)[C@H](NC3=O)C(=O)N[C@H](C(=O)NC3C4CC6CC(C4)CC3C6)C2C[C@@H]1O)[C@H](Cl)C5. The van der Waals surface area contributed by atoms with Gasteiger partial charge in [0.15, 0.2) is 11.5 Å². The summed E-state index contributed by atoms with van der Waals surface area (Å²) in [5.41, 5.74) is 5.63. The molecule has 0 radical (unpaired) electrons. The summed E-state index contributed by atoms with van der Waals surface area (Å²) in [7, 11) is 1.54. The van der Waals surface area contributed by atoms with Crippen molar-refractivity contribution in [1.82, 2.24) is 47.9 Å². The number of likely N-dealkylation sites (N-methyl/N-ethyl adjacent to an activating group) is 1. The number of aliphatic hydroxyl groups excluding tert-OH is 9. The highest BCUT2D eigenvalue weighted by Gasteiger charge is 2.58. The number of carbonyl (C=O) groups is 8. The van der Waals surface area contributed by atoms with Gasteiger partial charge in [-0.25, -0.2) is 0 Å². The van der Waals surface area contributed by atoms with E-state index in [9.17, 15) is 55.5 Å². The molecule has 8 saturated carbocycles. The van der Waals surface area contributed by atoms with Crippen molar-refractivity contribution in [2.24, 2.45) is 76.7 Å². The quantitative estimate of drug-likeness (QED) is 0.0504. The largest absolute Gasteiger partial charge is 0.485 e. The van der Waals surface area contributed by atoms with Crippen LogP contribution >= 0.6 is 23.2 Å². The predicted octanol–water partition coefficient (Wildman–Crippen LogP) is 0.841. The minimum atomic E-state index is -2.12. The zero-order valence-electron chi connectivity index (χ0n) is 66.0. The number of aliphatic hydroxyl groups is 9. The summed E-state index contributed by atoms with van der Waals surface area (Å²) < 4.78 is 26.3. The number of amides is 8. The van der Waals surface area contributed by atoms with Crippen LogP contribution < -0.4 is 67.8 Å². The molecule has 10 fully saturated rings. The third-order valence-electron chi connectivity index (χ3n) is 27.5. The molecule has 6 aliphatic heterocycles. The van der Waals surface area contributed by atoms with Gasteiger partial charge in [0.25, 0.3) is 0 Å². The third kappa shape index (κ3) is 20.1. The number of unbranched alkanes of at least 4 members (excludes halogenated alkanes) is 8. The van der Waals surface area contributed by atoms with E-state index in [0.717, 1.165) is 64.2 Å². The first kappa shape index (κ1) is 87.8. The first-order valence-electron chi connectivity index (χ1n) is 42.5. The second kappa shape index (κ2) is 39.1. The Bertz CT molecular complexity index is 3470. The molecule has 14 aliphatic rings. The lowest BCUT2D eigenvalue weighted by Crippen LogP contribution is -2.68. The van der Waals surface area contributed by atoms with E-state index in [0.29, 0.717) is 18.4 Å². The molecular formula is C81H126Cl2N10O21. The van der Waals surface area contributed by atoms with Gasteiger partial charge in [0, 0.05) is 18.5 Å². The molecule has 6 heterocycles. The van der Waals surface area contributed by atoms with Crippen LogP contribution in [0.25, 0.3) is 0 Å². The second-order valence-corrected chi connectivity index (χ2v) is 36.8. The van der Waals surface area contributed by atoms with Crippen molar-refractivity contribution in [2.75, 3.05) is 26.7 Å². The van der Waals surface area contributed by atoms with Crippen molar-refractivity contribution < 1.29 is 103 Å². The molecule has 4 unspecified atom stereocenters. The Balaban J connectivity index is 0.970. The molecule has 28 atom stereocenters. The van der Waals surface area contributed by atoms with E-state index in [2.05, 4.69) is 54.8 Å². The van der Waals surface area contributed by atoms with E-state index >= 15 is 28.8 Å². The summed E-state index contributed by atoms with van der Waals surface area (Å²) in [6.45, 7) is 5.79. The van der Waals surface area contributed by atoms with Crippen molar-refractivity contribution in [3.05, 3.63) is 17.7 Å². The number of hydrogen-bond acceptors (Lipinski definition) is 23. The van der Waals surface area contributed by atoms with E-state index in [1.165, 1.54) is 37.8 Å². The van der Waals surface area contributed by atoms with Gasteiger partial charge in [0.2, 0.25) is 59.3 Å². The summed E-state index contributed by atoms with van der Waals surface area (Å²) in [6, 6.07) is -9.83.